The van der Waals surface area contributed by atoms with Crippen molar-refractivity contribution in [3.63, 3.8) is 0 Å². The molecule has 0 aromatic heterocycles. The van der Waals surface area contributed by atoms with Gasteiger partial charge >= 0.3 is 0 Å². The standard InChI is InChI=1S/C16H39NSi2/c1-12-13-14-17(18(8,9)15(2,3)4)19(10,11)16(5,6)7/h12-14H2,1-11H3. The second-order valence-corrected chi connectivity index (χ2v) is 19.9. The molecule has 0 aromatic rings. The van der Waals surface area contributed by atoms with E-state index >= 15 is 0 Å². The average molecular weight is 302 g/mol. The molecule has 0 saturated heterocycles. The second kappa shape index (κ2) is 6.02. The van der Waals surface area contributed by atoms with E-state index in [-0.39, 0.29) is 0 Å². The minimum Gasteiger partial charge on any atom is -0.345 e. The van der Waals surface area contributed by atoms with E-state index in [1.807, 2.05) is 0 Å². The molecule has 116 valence electrons. The van der Waals surface area contributed by atoms with E-state index in [0.717, 1.165) is 0 Å². The van der Waals surface area contributed by atoms with E-state index in [9.17, 15) is 0 Å². The van der Waals surface area contributed by atoms with Crippen molar-refractivity contribution in [3.05, 3.63) is 0 Å². The van der Waals surface area contributed by atoms with Crippen LogP contribution in [-0.2, 0) is 0 Å². The zero-order valence-corrected chi connectivity index (χ0v) is 17.6. The van der Waals surface area contributed by atoms with Gasteiger partial charge in [0.05, 0.1) is 0 Å². The lowest BCUT2D eigenvalue weighted by Crippen LogP contribution is -2.68. The summed E-state index contributed by atoms with van der Waals surface area (Å²) in [7, 11) is -2.84. The fraction of sp³-hybridized carbons (Fsp3) is 1.00. The monoisotopic (exact) mass is 301 g/mol. The Morgan fingerprint density at radius 3 is 1.26 bits per heavy atom. The van der Waals surface area contributed by atoms with Crippen LogP contribution in [0.1, 0.15) is 61.3 Å². The van der Waals surface area contributed by atoms with Crippen molar-refractivity contribution in [1.82, 2.24) is 4.23 Å². The third kappa shape index (κ3) is 4.18. The molecule has 0 radical (unpaired) electrons. The summed E-state index contributed by atoms with van der Waals surface area (Å²) >= 11 is 0. The van der Waals surface area contributed by atoms with Crippen LogP contribution in [0.25, 0.3) is 0 Å². The largest absolute Gasteiger partial charge is 0.345 e. The van der Waals surface area contributed by atoms with Crippen molar-refractivity contribution in [2.75, 3.05) is 6.54 Å². The van der Waals surface area contributed by atoms with Crippen LogP contribution in [0, 0.1) is 0 Å². The Morgan fingerprint density at radius 2 is 1.05 bits per heavy atom. The lowest BCUT2D eigenvalue weighted by atomic mass is 10.2. The Morgan fingerprint density at radius 1 is 0.737 bits per heavy atom. The van der Waals surface area contributed by atoms with Gasteiger partial charge < -0.3 is 4.23 Å². The quantitative estimate of drug-likeness (QED) is 0.555. The van der Waals surface area contributed by atoms with E-state index in [2.05, 4.69) is 78.9 Å². The van der Waals surface area contributed by atoms with Crippen LogP contribution in [0.2, 0.25) is 36.3 Å². The highest BCUT2D eigenvalue weighted by atomic mass is 28.4. The molecule has 0 spiro atoms. The fourth-order valence-electron chi connectivity index (χ4n) is 2.38. The molecule has 0 heterocycles. The van der Waals surface area contributed by atoms with Crippen molar-refractivity contribution in [2.45, 2.75) is 97.6 Å². The Kier molecular flexibility index (Phi) is 6.15. The van der Waals surface area contributed by atoms with Gasteiger partial charge in [-0.1, -0.05) is 81.1 Å². The summed E-state index contributed by atoms with van der Waals surface area (Å²) in [6.45, 7) is 28.7. The fourth-order valence-corrected chi connectivity index (χ4v) is 13.0. The van der Waals surface area contributed by atoms with Crippen LogP contribution in [0.5, 0.6) is 0 Å². The lowest BCUT2D eigenvalue weighted by molar-refractivity contribution is 0.496. The topological polar surface area (TPSA) is 3.24 Å². The smallest absolute Gasteiger partial charge is 0.120 e. The Hall–Kier alpha value is 0.394. The van der Waals surface area contributed by atoms with Gasteiger partial charge in [-0.25, -0.2) is 0 Å². The minimum atomic E-state index is -1.42. The summed E-state index contributed by atoms with van der Waals surface area (Å²) in [4.78, 5) is 0. The highest BCUT2D eigenvalue weighted by Gasteiger charge is 2.51. The molecule has 1 nitrogen and oxygen atoms in total. The van der Waals surface area contributed by atoms with Gasteiger partial charge in [-0.15, -0.1) is 0 Å². The molecule has 0 amide bonds. The maximum atomic E-state index is 3.03. The average Bonchev–Trinajstić information content (AvgIpc) is 2.13. The maximum Gasteiger partial charge on any atom is 0.120 e. The zero-order chi connectivity index (χ0) is 15.7. The van der Waals surface area contributed by atoms with Gasteiger partial charge in [0, 0.05) is 0 Å². The number of hydrogen-bond acceptors (Lipinski definition) is 1. The first-order valence-electron chi connectivity index (χ1n) is 7.97. The Balaban J connectivity index is 5.58. The summed E-state index contributed by atoms with van der Waals surface area (Å²) in [5.74, 6) is 0. The van der Waals surface area contributed by atoms with Gasteiger partial charge in [-0.3, -0.25) is 0 Å². The molecule has 0 aliphatic heterocycles. The van der Waals surface area contributed by atoms with Crippen LogP contribution < -0.4 is 0 Å². The van der Waals surface area contributed by atoms with E-state index in [0.29, 0.717) is 10.1 Å². The van der Waals surface area contributed by atoms with Crippen LogP contribution in [-0.4, -0.2) is 27.2 Å². The van der Waals surface area contributed by atoms with Crippen molar-refractivity contribution in [2.24, 2.45) is 0 Å². The van der Waals surface area contributed by atoms with Crippen molar-refractivity contribution in [3.8, 4) is 0 Å². The molecule has 0 unspecified atom stereocenters. The Labute approximate surface area is 125 Å². The first-order chi connectivity index (χ1) is 8.19. The summed E-state index contributed by atoms with van der Waals surface area (Å²) in [5.41, 5.74) is 0. The summed E-state index contributed by atoms with van der Waals surface area (Å²) < 4.78 is 3.03. The number of rotatable bonds is 5. The molecule has 3 heteroatoms. The van der Waals surface area contributed by atoms with Gasteiger partial charge in [0.1, 0.15) is 16.5 Å². The first-order valence-corrected chi connectivity index (χ1v) is 13.9. The van der Waals surface area contributed by atoms with E-state index < -0.39 is 16.5 Å². The molecular weight excluding hydrogens is 262 g/mol. The predicted molar refractivity (Wildman–Crippen MR) is 96.0 cm³/mol. The summed E-state index contributed by atoms with van der Waals surface area (Å²) in [6, 6.07) is 0. The first kappa shape index (κ1) is 19.4. The molecule has 0 saturated carbocycles. The molecule has 0 aromatic carbocycles. The molecule has 0 aliphatic rings. The van der Waals surface area contributed by atoms with Crippen molar-refractivity contribution in [1.29, 1.82) is 0 Å². The zero-order valence-electron chi connectivity index (χ0n) is 15.6. The molecule has 19 heavy (non-hydrogen) atoms. The van der Waals surface area contributed by atoms with Crippen molar-refractivity contribution >= 4 is 16.5 Å². The van der Waals surface area contributed by atoms with Gasteiger partial charge in [0.25, 0.3) is 0 Å². The lowest BCUT2D eigenvalue weighted by Gasteiger charge is -2.57. The SMILES string of the molecule is CCCCN([Si](C)(C)C(C)(C)C)[Si](C)(C)C(C)(C)C. The van der Waals surface area contributed by atoms with Crippen LogP contribution in [0.15, 0.2) is 0 Å². The molecule has 0 fully saturated rings. The number of unbranched alkanes of at least 4 members (excludes halogenated alkanes) is 1. The van der Waals surface area contributed by atoms with E-state index in [1.54, 1.807) is 0 Å². The molecular formula is C16H39NSi2. The van der Waals surface area contributed by atoms with Crippen LogP contribution in [0.3, 0.4) is 0 Å². The molecule has 0 bridgehead atoms. The van der Waals surface area contributed by atoms with E-state index in [4.69, 9.17) is 0 Å². The predicted octanol–water partition coefficient (Wildman–Crippen LogP) is 6.10. The third-order valence-corrected chi connectivity index (χ3v) is 19.6. The van der Waals surface area contributed by atoms with Crippen molar-refractivity contribution < 1.29 is 0 Å². The van der Waals surface area contributed by atoms with Crippen LogP contribution >= 0.6 is 0 Å². The number of nitrogens with zero attached hydrogens (tertiary/aromatic N) is 1. The normalized spacial score (nSPS) is 15.2. The van der Waals surface area contributed by atoms with Gasteiger partial charge in [0.2, 0.25) is 0 Å². The molecule has 0 N–H and O–H groups in total. The van der Waals surface area contributed by atoms with Gasteiger partial charge in [-0.2, -0.15) is 0 Å². The molecule has 0 aliphatic carbocycles. The highest BCUT2D eigenvalue weighted by Crippen LogP contribution is 2.46. The highest BCUT2D eigenvalue weighted by molar-refractivity contribution is 6.93. The summed E-state index contributed by atoms with van der Waals surface area (Å²) in [5, 5.41) is 0.881. The molecule has 0 rings (SSSR count). The second-order valence-electron chi connectivity index (χ2n) is 9.12. The van der Waals surface area contributed by atoms with Crippen LogP contribution in [0.4, 0.5) is 0 Å². The number of hydrogen-bond donors (Lipinski definition) is 0. The van der Waals surface area contributed by atoms with E-state index in [1.165, 1.54) is 19.4 Å². The van der Waals surface area contributed by atoms with Gasteiger partial charge in [-0.05, 0) is 23.0 Å². The molecule has 0 atom stereocenters. The summed E-state index contributed by atoms with van der Waals surface area (Å²) in [6.07, 6.45) is 2.65. The maximum absolute atomic E-state index is 3.03. The minimum absolute atomic E-state index is 0.441. The Bertz CT molecular complexity index is 256. The van der Waals surface area contributed by atoms with Gasteiger partial charge in [0.15, 0.2) is 0 Å². The third-order valence-electron chi connectivity index (χ3n) is 5.76.